The highest BCUT2D eigenvalue weighted by atomic mass is 32.2. The second-order valence-electron chi connectivity index (χ2n) is 12.0. The van der Waals surface area contributed by atoms with Gasteiger partial charge >= 0.3 is 0 Å². The highest BCUT2D eigenvalue weighted by Gasteiger charge is 2.25. The fourth-order valence-electron chi connectivity index (χ4n) is 6.97. The van der Waals surface area contributed by atoms with Gasteiger partial charge in [-0.05, 0) is 88.6 Å². The minimum absolute atomic E-state index is 0.900. The normalized spacial score (nSPS) is 12.6. The summed E-state index contributed by atoms with van der Waals surface area (Å²) in [6.45, 7) is 0. The molecule has 0 amide bonds. The summed E-state index contributed by atoms with van der Waals surface area (Å²) in [7, 11) is 0. The van der Waals surface area contributed by atoms with Gasteiger partial charge in [0.15, 0.2) is 0 Å². The molecule has 0 radical (unpaired) electrons. The van der Waals surface area contributed by atoms with Crippen molar-refractivity contribution in [3.05, 3.63) is 158 Å². The lowest BCUT2D eigenvalue weighted by Gasteiger charge is -2.33. The van der Waals surface area contributed by atoms with Crippen LogP contribution in [0.3, 0.4) is 0 Å². The Morgan fingerprint density at radius 3 is 2.19 bits per heavy atom. The zero-order chi connectivity index (χ0) is 30.9. The predicted octanol–water partition coefficient (Wildman–Crippen LogP) is 12.6. The molecule has 3 nitrogen and oxygen atoms in total. The number of fused-ring (bicyclic) bond motifs is 7. The van der Waals surface area contributed by atoms with E-state index >= 15 is 0 Å². The number of benzene rings is 7. The van der Waals surface area contributed by atoms with E-state index in [-0.39, 0.29) is 0 Å². The summed E-state index contributed by atoms with van der Waals surface area (Å²) >= 11 is 1.82. The Morgan fingerprint density at radius 1 is 0.489 bits per heavy atom. The van der Waals surface area contributed by atoms with Crippen molar-refractivity contribution in [2.75, 3.05) is 4.90 Å². The number of aromatic nitrogens is 1. The first-order chi connectivity index (χ1) is 23.3. The Bertz CT molecular complexity index is 2690. The Labute approximate surface area is 275 Å². The van der Waals surface area contributed by atoms with Gasteiger partial charge in [0.1, 0.15) is 11.2 Å². The number of pyridine rings is 1. The molecule has 4 heteroatoms. The van der Waals surface area contributed by atoms with Crippen molar-refractivity contribution in [2.45, 2.75) is 9.79 Å². The fraction of sp³-hybridized carbons (Fsp3) is 0. The molecular weight excluding hydrogens is 593 g/mol. The largest absolute Gasteiger partial charge is 0.456 e. The summed E-state index contributed by atoms with van der Waals surface area (Å²) < 4.78 is 6.14. The van der Waals surface area contributed by atoms with E-state index in [1.165, 1.54) is 31.9 Å². The van der Waals surface area contributed by atoms with Gasteiger partial charge in [-0.25, -0.2) is 4.98 Å². The van der Waals surface area contributed by atoms with E-state index < -0.39 is 0 Å². The molecule has 47 heavy (non-hydrogen) atoms. The third-order valence-corrected chi connectivity index (χ3v) is 10.3. The van der Waals surface area contributed by atoms with Crippen LogP contribution in [-0.4, -0.2) is 4.98 Å². The van der Waals surface area contributed by atoms with Gasteiger partial charge in [-0.3, -0.25) is 0 Å². The summed E-state index contributed by atoms with van der Waals surface area (Å²) in [5, 5.41) is 5.86. The first-order valence-corrected chi connectivity index (χ1v) is 16.6. The quantitative estimate of drug-likeness (QED) is 0.197. The van der Waals surface area contributed by atoms with Gasteiger partial charge < -0.3 is 9.32 Å². The van der Waals surface area contributed by atoms with E-state index in [1.807, 2.05) is 23.9 Å². The Morgan fingerprint density at radius 2 is 1.23 bits per heavy atom. The maximum absolute atomic E-state index is 6.14. The molecule has 0 unspecified atom stereocenters. The molecule has 1 aliphatic rings. The third-order valence-electron chi connectivity index (χ3n) is 9.22. The standard InChI is InChI=1S/C43H26N2OS/c1-2-10-28-23-31(20-17-27(28)9-1)45-38-14-6-8-16-42(38)47-43-25-30(18-21-39(43)45)37-26-34(32-11-3-5-13-36(32)44-37)29-19-22-41-35(24-29)33-12-4-7-15-40(33)46-41/h1-26H. The summed E-state index contributed by atoms with van der Waals surface area (Å²) in [5.74, 6) is 0. The van der Waals surface area contributed by atoms with Crippen LogP contribution in [0.1, 0.15) is 0 Å². The Kier molecular flexibility index (Phi) is 5.81. The lowest BCUT2D eigenvalue weighted by atomic mass is 9.97. The van der Waals surface area contributed by atoms with Crippen molar-refractivity contribution in [3.8, 4) is 22.4 Å². The summed E-state index contributed by atoms with van der Waals surface area (Å²) in [5.41, 5.74) is 10.7. The van der Waals surface area contributed by atoms with Gasteiger partial charge in [-0.2, -0.15) is 0 Å². The Balaban J connectivity index is 1.13. The molecule has 1 aliphatic heterocycles. The van der Waals surface area contributed by atoms with Gasteiger partial charge in [-0.1, -0.05) is 103 Å². The van der Waals surface area contributed by atoms with Crippen molar-refractivity contribution >= 4 is 72.4 Å². The van der Waals surface area contributed by atoms with Crippen LogP contribution in [0.4, 0.5) is 17.1 Å². The number of nitrogens with zero attached hydrogens (tertiary/aromatic N) is 2. The Hall–Kier alpha value is -5.84. The maximum atomic E-state index is 6.14. The van der Waals surface area contributed by atoms with Crippen molar-refractivity contribution in [1.82, 2.24) is 4.98 Å². The first kappa shape index (κ1) is 26.4. The SMILES string of the molecule is c1ccc2c(c1)Sc1cc(-c3cc(-c4ccc5oc6ccccc6c5c4)c4ccccc4n3)ccc1N2c1ccc2ccccc2c1. The van der Waals surface area contributed by atoms with Crippen LogP contribution >= 0.6 is 11.8 Å². The third kappa shape index (κ3) is 4.26. The lowest BCUT2D eigenvalue weighted by Crippen LogP contribution is -2.14. The number of rotatable bonds is 3. The minimum Gasteiger partial charge on any atom is -0.456 e. The molecule has 7 aromatic carbocycles. The van der Waals surface area contributed by atoms with E-state index in [1.54, 1.807) is 0 Å². The number of hydrogen-bond donors (Lipinski definition) is 0. The van der Waals surface area contributed by atoms with Crippen LogP contribution in [0.25, 0.3) is 66.0 Å². The number of furan rings is 1. The molecule has 0 spiro atoms. The molecule has 0 fully saturated rings. The van der Waals surface area contributed by atoms with Crippen LogP contribution in [0.2, 0.25) is 0 Å². The zero-order valence-electron chi connectivity index (χ0n) is 25.2. The fourth-order valence-corrected chi connectivity index (χ4v) is 8.06. The molecule has 0 aliphatic carbocycles. The van der Waals surface area contributed by atoms with Crippen LogP contribution in [-0.2, 0) is 0 Å². The maximum Gasteiger partial charge on any atom is 0.135 e. The highest BCUT2D eigenvalue weighted by molar-refractivity contribution is 7.99. The van der Waals surface area contributed by atoms with E-state index in [0.717, 1.165) is 60.9 Å². The number of anilines is 3. The van der Waals surface area contributed by atoms with Crippen molar-refractivity contribution in [1.29, 1.82) is 0 Å². The predicted molar refractivity (Wildman–Crippen MR) is 196 cm³/mol. The molecule has 0 N–H and O–H groups in total. The van der Waals surface area contributed by atoms with E-state index in [2.05, 4.69) is 150 Å². The van der Waals surface area contributed by atoms with Crippen molar-refractivity contribution in [2.24, 2.45) is 0 Å². The number of hydrogen-bond acceptors (Lipinski definition) is 4. The minimum atomic E-state index is 0.900. The van der Waals surface area contributed by atoms with Gasteiger partial charge in [0.25, 0.3) is 0 Å². The summed E-state index contributed by atoms with van der Waals surface area (Å²) in [4.78, 5) is 10.0. The molecule has 0 atom stereocenters. The second-order valence-corrected chi connectivity index (χ2v) is 13.1. The van der Waals surface area contributed by atoms with E-state index in [4.69, 9.17) is 9.40 Å². The van der Waals surface area contributed by atoms with Gasteiger partial charge in [0.2, 0.25) is 0 Å². The molecule has 0 saturated carbocycles. The molecule has 3 heterocycles. The molecule has 9 aromatic rings. The van der Waals surface area contributed by atoms with Crippen molar-refractivity contribution in [3.63, 3.8) is 0 Å². The topological polar surface area (TPSA) is 29.3 Å². The van der Waals surface area contributed by atoms with Gasteiger partial charge in [0.05, 0.1) is 22.6 Å². The van der Waals surface area contributed by atoms with Crippen LogP contribution < -0.4 is 4.90 Å². The van der Waals surface area contributed by atoms with Crippen molar-refractivity contribution < 1.29 is 4.42 Å². The highest BCUT2D eigenvalue weighted by Crippen LogP contribution is 2.52. The zero-order valence-corrected chi connectivity index (χ0v) is 26.0. The van der Waals surface area contributed by atoms with Crippen LogP contribution in [0.15, 0.2) is 172 Å². The summed E-state index contributed by atoms with van der Waals surface area (Å²) in [6, 6.07) is 56.2. The average Bonchev–Trinajstić information content (AvgIpc) is 3.51. The lowest BCUT2D eigenvalue weighted by molar-refractivity contribution is 0.669. The summed E-state index contributed by atoms with van der Waals surface area (Å²) in [6.07, 6.45) is 0. The molecule has 220 valence electrons. The number of para-hydroxylation sites is 3. The van der Waals surface area contributed by atoms with Gasteiger partial charge in [0, 0.05) is 37.2 Å². The second kappa shape index (κ2) is 10.3. The van der Waals surface area contributed by atoms with E-state index in [0.29, 0.717) is 0 Å². The molecule has 0 saturated heterocycles. The molecular formula is C43H26N2OS. The molecule has 10 rings (SSSR count). The van der Waals surface area contributed by atoms with Crippen LogP contribution in [0.5, 0.6) is 0 Å². The van der Waals surface area contributed by atoms with Crippen LogP contribution in [0, 0.1) is 0 Å². The smallest absolute Gasteiger partial charge is 0.135 e. The first-order valence-electron chi connectivity index (χ1n) is 15.8. The monoisotopic (exact) mass is 618 g/mol. The molecule has 2 aromatic heterocycles. The molecule has 0 bridgehead atoms. The van der Waals surface area contributed by atoms with Gasteiger partial charge in [-0.15, -0.1) is 0 Å². The average molecular weight is 619 g/mol. The van der Waals surface area contributed by atoms with E-state index in [9.17, 15) is 0 Å².